The van der Waals surface area contributed by atoms with Crippen molar-refractivity contribution in [1.82, 2.24) is 9.97 Å². The molecule has 1 aliphatic carbocycles. The Balaban J connectivity index is 1.74. The molecule has 0 unspecified atom stereocenters. The van der Waals surface area contributed by atoms with Gasteiger partial charge in [-0.3, -0.25) is 9.78 Å². The van der Waals surface area contributed by atoms with Crippen molar-refractivity contribution in [2.75, 3.05) is 0 Å². The first-order valence-electron chi connectivity index (χ1n) is 7.36. The van der Waals surface area contributed by atoms with Crippen molar-refractivity contribution in [1.29, 1.82) is 0 Å². The highest BCUT2D eigenvalue weighted by molar-refractivity contribution is 6.13. The SMILES string of the molecule is O=C1/C(=C/c2cnc3ccccc3n2)CCc2ccccc21. The van der Waals surface area contributed by atoms with Crippen LogP contribution in [0.3, 0.4) is 0 Å². The first-order chi connectivity index (χ1) is 10.8. The molecule has 3 heteroatoms. The number of ketones is 1. The molecule has 0 spiro atoms. The number of Topliss-reactive ketones (excluding diaryl/α,β-unsaturated/α-hetero) is 1. The molecule has 22 heavy (non-hydrogen) atoms. The minimum absolute atomic E-state index is 0.108. The summed E-state index contributed by atoms with van der Waals surface area (Å²) in [6, 6.07) is 15.6. The summed E-state index contributed by atoms with van der Waals surface area (Å²) >= 11 is 0. The lowest BCUT2D eigenvalue weighted by Gasteiger charge is -2.16. The van der Waals surface area contributed by atoms with Crippen molar-refractivity contribution in [3.63, 3.8) is 0 Å². The van der Waals surface area contributed by atoms with Gasteiger partial charge in [-0.15, -0.1) is 0 Å². The van der Waals surface area contributed by atoms with Gasteiger partial charge in [0.25, 0.3) is 0 Å². The molecule has 4 rings (SSSR count). The normalized spacial score (nSPS) is 16.0. The maximum Gasteiger partial charge on any atom is 0.189 e. The van der Waals surface area contributed by atoms with Crippen LogP contribution in [0.1, 0.15) is 28.0 Å². The zero-order chi connectivity index (χ0) is 14.9. The van der Waals surface area contributed by atoms with Crippen LogP contribution in [-0.2, 0) is 6.42 Å². The highest BCUT2D eigenvalue weighted by atomic mass is 16.1. The Kier molecular flexibility index (Phi) is 3.04. The average molecular weight is 286 g/mol. The molecule has 1 heterocycles. The van der Waals surface area contributed by atoms with E-state index in [-0.39, 0.29) is 5.78 Å². The molecule has 2 aromatic carbocycles. The highest BCUT2D eigenvalue weighted by Crippen LogP contribution is 2.26. The van der Waals surface area contributed by atoms with Crippen LogP contribution < -0.4 is 0 Å². The van der Waals surface area contributed by atoms with Gasteiger partial charge in [-0.2, -0.15) is 0 Å². The molecule has 0 bridgehead atoms. The second-order valence-corrected chi connectivity index (χ2v) is 5.44. The van der Waals surface area contributed by atoms with E-state index in [1.165, 1.54) is 0 Å². The molecule has 0 saturated carbocycles. The summed E-state index contributed by atoms with van der Waals surface area (Å²) in [6.07, 6.45) is 5.25. The number of hydrogen-bond donors (Lipinski definition) is 0. The number of allylic oxidation sites excluding steroid dienone is 1. The first kappa shape index (κ1) is 12.9. The number of benzene rings is 2. The van der Waals surface area contributed by atoms with Crippen LogP contribution in [0.2, 0.25) is 0 Å². The highest BCUT2D eigenvalue weighted by Gasteiger charge is 2.21. The number of fused-ring (bicyclic) bond motifs is 2. The monoisotopic (exact) mass is 286 g/mol. The molecule has 0 fully saturated rings. The van der Waals surface area contributed by atoms with Crippen molar-refractivity contribution in [3.05, 3.63) is 77.1 Å². The number of aromatic nitrogens is 2. The van der Waals surface area contributed by atoms with Crippen LogP contribution in [0, 0.1) is 0 Å². The summed E-state index contributed by atoms with van der Waals surface area (Å²) in [4.78, 5) is 21.5. The molecule has 0 atom stereocenters. The molecule has 0 amide bonds. The van der Waals surface area contributed by atoms with Gasteiger partial charge in [-0.25, -0.2) is 4.98 Å². The Labute approximate surface area is 128 Å². The van der Waals surface area contributed by atoms with E-state index in [9.17, 15) is 4.79 Å². The van der Waals surface area contributed by atoms with Gasteiger partial charge in [0.15, 0.2) is 5.78 Å². The van der Waals surface area contributed by atoms with Crippen LogP contribution in [0.4, 0.5) is 0 Å². The summed E-state index contributed by atoms with van der Waals surface area (Å²) in [5.41, 5.74) is 5.21. The van der Waals surface area contributed by atoms with Gasteiger partial charge in [0.1, 0.15) is 0 Å². The minimum atomic E-state index is 0.108. The van der Waals surface area contributed by atoms with Crippen molar-refractivity contribution in [2.24, 2.45) is 0 Å². The molecule has 0 saturated heterocycles. The number of para-hydroxylation sites is 2. The Morgan fingerprint density at radius 3 is 2.59 bits per heavy atom. The topological polar surface area (TPSA) is 42.9 Å². The lowest BCUT2D eigenvalue weighted by atomic mass is 9.86. The fourth-order valence-electron chi connectivity index (χ4n) is 2.87. The molecule has 1 aromatic heterocycles. The van der Waals surface area contributed by atoms with E-state index in [0.29, 0.717) is 0 Å². The van der Waals surface area contributed by atoms with Crippen molar-refractivity contribution in [2.45, 2.75) is 12.8 Å². The van der Waals surface area contributed by atoms with Crippen LogP contribution in [0.25, 0.3) is 17.1 Å². The van der Waals surface area contributed by atoms with E-state index in [0.717, 1.165) is 46.3 Å². The molecule has 3 nitrogen and oxygen atoms in total. The van der Waals surface area contributed by atoms with E-state index >= 15 is 0 Å². The average Bonchev–Trinajstić information content (AvgIpc) is 2.57. The molecule has 3 aromatic rings. The number of carbonyl (C=O) groups is 1. The first-order valence-corrected chi connectivity index (χ1v) is 7.36. The molecular formula is C19H14N2O. The third-order valence-corrected chi connectivity index (χ3v) is 4.01. The third-order valence-electron chi connectivity index (χ3n) is 4.01. The lowest BCUT2D eigenvalue weighted by molar-refractivity contribution is 0.102. The van der Waals surface area contributed by atoms with Gasteiger partial charge in [0.2, 0.25) is 0 Å². The van der Waals surface area contributed by atoms with Gasteiger partial charge in [0.05, 0.1) is 22.9 Å². The van der Waals surface area contributed by atoms with Gasteiger partial charge >= 0.3 is 0 Å². The summed E-state index contributed by atoms with van der Waals surface area (Å²) in [7, 11) is 0. The van der Waals surface area contributed by atoms with Crippen LogP contribution in [0.5, 0.6) is 0 Å². The molecule has 0 aliphatic heterocycles. The standard InChI is InChI=1S/C19H14N2O/c22-19-14(10-9-13-5-1-2-6-16(13)19)11-15-12-20-17-7-3-4-8-18(17)21-15/h1-8,11-12H,9-10H2/b14-11+. The van der Waals surface area contributed by atoms with Crippen LogP contribution >= 0.6 is 0 Å². The second kappa shape index (κ2) is 5.19. The van der Waals surface area contributed by atoms with Crippen molar-refractivity contribution >= 4 is 22.9 Å². The van der Waals surface area contributed by atoms with E-state index < -0.39 is 0 Å². The van der Waals surface area contributed by atoms with Gasteiger partial charge in [0, 0.05) is 11.1 Å². The number of hydrogen-bond acceptors (Lipinski definition) is 3. The van der Waals surface area contributed by atoms with Gasteiger partial charge < -0.3 is 0 Å². The molecule has 1 aliphatic rings. The smallest absolute Gasteiger partial charge is 0.189 e. The zero-order valence-corrected chi connectivity index (χ0v) is 12.0. The van der Waals surface area contributed by atoms with Crippen molar-refractivity contribution in [3.8, 4) is 0 Å². The maximum absolute atomic E-state index is 12.6. The summed E-state index contributed by atoms with van der Waals surface area (Å²) < 4.78 is 0. The Morgan fingerprint density at radius 1 is 0.909 bits per heavy atom. The molecule has 0 N–H and O–H groups in total. The van der Waals surface area contributed by atoms with E-state index in [4.69, 9.17) is 0 Å². The second-order valence-electron chi connectivity index (χ2n) is 5.44. The quantitative estimate of drug-likeness (QED) is 0.638. The maximum atomic E-state index is 12.6. The summed E-state index contributed by atoms with van der Waals surface area (Å²) in [5, 5.41) is 0. The van der Waals surface area contributed by atoms with E-state index in [1.54, 1.807) is 6.20 Å². The zero-order valence-electron chi connectivity index (χ0n) is 12.0. The van der Waals surface area contributed by atoms with E-state index in [2.05, 4.69) is 9.97 Å². The molecule has 106 valence electrons. The lowest BCUT2D eigenvalue weighted by Crippen LogP contribution is -2.13. The number of carbonyl (C=O) groups excluding carboxylic acids is 1. The summed E-state index contributed by atoms with van der Waals surface area (Å²) in [6.45, 7) is 0. The van der Waals surface area contributed by atoms with Crippen molar-refractivity contribution < 1.29 is 4.79 Å². The van der Waals surface area contributed by atoms with Crippen LogP contribution in [0.15, 0.2) is 60.3 Å². The van der Waals surface area contributed by atoms with Crippen LogP contribution in [-0.4, -0.2) is 15.8 Å². The molecule has 0 radical (unpaired) electrons. The number of aryl methyl sites for hydroxylation is 1. The van der Waals surface area contributed by atoms with E-state index in [1.807, 2.05) is 54.6 Å². The van der Waals surface area contributed by atoms with Gasteiger partial charge in [-0.1, -0.05) is 36.4 Å². The fourth-order valence-corrected chi connectivity index (χ4v) is 2.87. The summed E-state index contributed by atoms with van der Waals surface area (Å²) in [5.74, 6) is 0.108. The Bertz CT molecular complexity index is 912. The van der Waals surface area contributed by atoms with Gasteiger partial charge in [-0.05, 0) is 36.6 Å². The third kappa shape index (κ3) is 2.21. The minimum Gasteiger partial charge on any atom is -0.289 e. The largest absolute Gasteiger partial charge is 0.289 e. The Morgan fingerprint density at radius 2 is 1.68 bits per heavy atom. The number of rotatable bonds is 1. The fraction of sp³-hybridized carbons (Fsp3) is 0.105. The Hall–Kier alpha value is -2.81. The molecular weight excluding hydrogens is 272 g/mol. The predicted molar refractivity (Wildman–Crippen MR) is 86.6 cm³/mol. The predicted octanol–water partition coefficient (Wildman–Crippen LogP) is 3.84. The number of nitrogens with zero attached hydrogens (tertiary/aromatic N) is 2.